The summed E-state index contributed by atoms with van der Waals surface area (Å²) in [7, 11) is 0. The molecule has 28 heavy (non-hydrogen) atoms. The van der Waals surface area contributed by atoms with E-state index in [1.807, 2.05) is 18.2 Å². The molecule has 0 unspecified atom stereocenters. The first-order valence-corrected chi connectivity index (χ1v) is 9.87. The summed E-state index contributed by atoms with van der Waals surface area (Å²) in [5.41, 5.74) is 3.02. The van der Waals surface area contributed by atoms with E-state index >= 15 is 0 Å². The highest BCUT2D eigenvalue weighted by Gasteiger charge is 2.23. The average Bonchev–Trinajstić information content (AvgIpc) is 3.50. The Morgan fingerprint density at radius 1 is 0.964 bits per heavy atom. The standard InChI is InChI=1S/C22H28N4O2/c1-3-26(4-2)15-16-7-5-9-19(13-16)23-21(27)17-8-6-10-20(14-17)25-22(28)24-18-11-12-18/h5-10,13-14,18H,3-4,11-12,15H2,1-2H3,(H,23,27)(H2,24,25,28). The summed E-state index contributed by atoms with van der Waals surface area (Å²) in [6.45, 7) is 7.11. The maximum Gasteiger partial charge on any atom is 0.319 e. The molecule has 6 heteroatoms. The van der Waals surface area contributed by atoms with Crippen LogP contribution in [0.15, 0.2) is 48.5 Å². The Morgan fingerprint density at radius 2 is 1.64 bits per heavy atom. The number of benzene rings is 2. The number of nitrogens with one attached hydrogen (secondary N) is 3. The predicted molar refractivity (Wildman–Crippen MR) is 113 cm³/mol. The number of hydrogen-bond donors (Lipinski definition) is 3. The van der Waals surface area contributed by atoms with Crippen LogP contribution in [0.2, 0.25) is 0 Å². The average molecular weight is 380 g/mol. The molecule has 0 aliphatic heterocycles. The fraction of sp³-hybridized carbons (Fsp3) is 0.364. The first kappa shape index (κ1) is 19.9. The molecular weight excluding hydrogens is 352 g/mol. The van der Waals surface area contributed by atoms with Gasteiger partial charge in [0.2, 0.25) is 0 Å². The smallest absolute Gasteiger partial charge is 0.319 e. The van der Waals surface area contributed by atoms with Crippen molar-refractivity contribution in [3.05, 3.63) is 59.7 Å². The van der Waals surface area contributed by atoms with Crippen LogP contribution in [0.4, 0.5) is 16.2 Å². The number of amides is 3. The molecule has 2 aromatic carbocycles. The van der Waals surface area contributed by atoms with Crippen molar-refractivity contribution in [2.45, 2.75) is 39.3 Å². The highest BCUT2D eigenvalue weighted by atomic mass is 16.2. The van der Waals surface area contributed by atoms with Crippen molar-refractivity contribution in [1.29, 1.82) is 0 Å². The molecule has 0 saturated heterocycles. The zero-order valence-corrected chi connectivity index (χ0v) is 16.5. The maximum atomic E-state index is 12.6. The summed E-state index contributed by atoms with van der Waals surface area (Å²) in [4.78, 5) is 26.8. The minimum absolute atomic E-state index is 0.203. The zero-order chi connectivity index (χ0) is 19.9. The van der Waals surface area contributed by atoms with E-state index in [2.05, 4.69) is 40.8 Å². The Balaban J connectivity index is 1.62. The van der Waals surface area contributed by atoms with Gasteiger partial charge in [0.25, 0.3) is 5.91 Å². The van der Waals surface area contributed by atoms with Crippen molar-refractivity contribution in [3.63, 3.8) is 0 Å². The number of carbonyl (C=O) groups is 2. The molecular formula is C22H28N4O2. The molecule has 6 nitrogen and oxygen atoms in total. The topological polar surface area (TPSA) is 73.5 Å². The van der Waals surface area contributed by atoms with Gasteiger partial charge in [-0.15, -0.1) is 0 Å². The van der Waals surface area contributed by atoms with Gasteiger partial charge in [0.1, 0.15) is 0 Å². The lowest BCUT2D eigenvalue weighted by Gasteiger charge is -2.18. The number of hydrogen-bond acceptors (Lipinski definition) is 3. The van der Waals surface area contributed by atoms with Crippen LogP contribution in [0.5, 0.6) is 0 Å². The Kier molecular flexibility index (Phi) is 6.66. The van der Waals surface area contributed by atoms with Gasteiger partial charge in [-0.3, -0.25) is 9.69 Å². The van der Waals surface area contributed by atoms with Crippen molar-refractivity contribution in [1.82, 2.24) is 10.2 Å². The molecule has 148 valence electrons. The van der Waals surface area contributed by atoms with Crippen molar-refractivity contribution in [2.75, 3.05) is 23.7 Å². The van der Waals surface area contributed by atoms with Gasteiger partial charge in [0, 0.05) is 29.5 Å². The van der Waals surface area contributed by atoms with Crippen molar-refractivity contribution in [2.24, 2.45) is 0 Å². The number of rotatable bonds is 8. The van der Waals surface area contributed by atoms with Crippen LogP contribution in [0.25, 0.3) is 0 Å². The molecule has 0 atom stereocenters. The summed E-state index contributed by atoms with van der Waals surface area (Å²) in [5, 5.41) is 8.59. The van der Waals surface area contributed by atoms with Gasteiger partial charge in [-0.25, -0.2) is 4.79 Å². The fourth-order valence-corrected chi connectivity index (χ4v) is 2.97. The lowest BCUT2D eigenvalue weighted by atomic mass is 10.1. The van der Waals surface area contributed by atoms with Gasteiger partial charge >= 0.3 is 6.03 Å². The second-order valence-electron chi connectivity index (χ2n) is 7.07. The van der Waals surface area contributed by atoms with Crippen LogP contribution in [0, 0.1) is 0 Å². The molecule has 1 aliphatic rings. The molecule has 0 spiro atoms. The predicted octanol–water partition coefficient (Wildman–Crippen LogP) is 4.06. The highest BCUT2D eigenvalue weighted by Crippen LogP contribution is 2.19. The summed E-state index contributed by atoms with van der Waals surface area (Å²) < 4.78 is 0. The van der Waals surface area contributed by atoms with E-state index in [1.54, 1.807) is 24.3 Å². The van der Waals surface area contributed by atoms with Crippen LogP contribution in [0.1, 0.15) is 42.6 Å². The number of carbonyl (C=O) groups excluding carboxylic acids is 2. The quantitative estimate of drug-likeness (QED) is 0.646. The van der Waals surface area contributed by atoms with Crippen molar-refractivity contribution < 1.29 is 9.59 Å². The lowest BCUT2D eigenvalue weighted by molar-refractivity contribution is 0.102. The maximum absolute atomic E-state index is 12.6. The SMILES string of the molecule is CCN(CC)Cc1cccc(NC(=O)c2cccc(NC(=O)NC3CC3)c2)c1. The second-order valence-corrected chi connectivity index (χ2v) is 7.07. The van der Waals surface area contributed by atoms with Crippen LogP contribution in [-0.4, -0.2) is 36.0 Å². The molecule has 0 aromatic heterocycles. The largest absolute Gasteiger partial charge is 0.335 e. The molecule has 1 saturated carbocycles. The molecule has 1 fully saturated rings. The zero-order valence-electron chi connectivity index (χ0n) is 16.5. The van der Waals surface area contributed by atoms with E-state index < -0.39 is 0 Å². The van der Waals surface area contributed by atoms with Crippen LogP contribution < -0.4 is 16.0 Å². The van der Waals surface area contributed by atoms with Gasteiger partial charge in [-0.1, -0.05) is 32.0 Å². The summed E-state index contributed by atoms with van der Waals surface area (Å²) in [6.07, 6.45) is 2.06. The van der Waals surface area contributed by atoms with E-state index in [0.29, 0.717) is 11.3 Å². The molecule has 1 aliphatic carbocycles. The highest BCUT2D eigenvalue weighted by molar-refractivity contribution is 6.05. The van der Waals surface area contributed by atoms with E-state index in [-0.39, 0.29) is 18.0 Å². The summed E-state index contributed by atoms with van der Waals surface area (Å²) >= 11 is 0. The van der Waals surface area contributed by atoms with Gasteiger partial charge in [-0.2, -0.15) is 0 Å². The van der Waals surface area contributed by atoms with Crippen molar-refractivity contribution >= 4 is 23.3 Å². The van der Waals surface area contributed by atoms with Crippen LogP contribution in [0.3, 0.4) is 0 Å². The Labute approximate surface area is 166 Å². The number of nitrogens with zero attached hydrogens (tertiary/aromatic N) is 1. The van der Waals surface area contributed by atoms with Crippen LogP contribution in [-0.2, 0) is 6.54 Å². The molecule has 0 bridgehead atoms. The Bertz CT molecular complexity index is 829. The molecule has 3 amide bonds. The monoisotopic (exact) mass is 380 g/mol. The van der Waals surface area contributed by atoms with Crippen molar-refractivity contribution in [3.8, 4) is 0 Å². The first-order chi connectivity index (χ1) is 13.6. The molecule has 3 rings (SSSR count). The summed E-state index contributed by atoms with van der Waals surface area (Å²) in [6, 6.07) is 14.9. The third-order valence-corrected chi connectivity index (χ3v) is 4.78. The number of anilines is 2. The van der Waals surface area contributed by atoms with Gasteiger partial charge in [-0.05, 0) is 61.8 Å². The number of urea groups is 1. The van der Waals surface area contributed by atoms with E-state index in [1.165, 1.54) is 0 Å². The Hall–Kier alpha value is -2.86. The van der Waals surface area contributed by atoms with E-state index in [9.17, 15) is 9.59 Å². The minimum atomic E-state index is -0.232. The lowest BCUT2D eigenvalue weighted by Crippen LogP contribution is -2.30. The molecule has 2 aromatic rings. The van der Waals surface area contributed by atoms with E-state index in [4.69, 9.17) is 0 Å². The van der Waals surface area contributed by atoms with Gasteiger partial charge in [0.15, 0.2) is 0 Å². The third kappa shape index (κ3) is 5.82. The molecule has 0 radical (unpaired) electrons. The van der Waals surface area contributed by atoms with Crippen LogP contribution >= 0.6 is 0 Å². The first-order valence-electron chi connectivity index (χ1n) is 9.87. The fourth-order valence-electron chi connectivity index (χ4n) is 2.97. The van der Waals surface area contributed by atoms with Gasteiger partial charge < -0.3 is 16.0 Å². The van der Waals surface area contributed by atoms with E-state index in [0.717, 1.165) is 43.7 Å². The Morgan fingerprint density at radius 3 is 2.32 bits per heavy atom. The second kappa shape index (κ2) is 9.37. The van der Waals surface area contributed by atoms with Gasteiger partial charge in [0.05, 0.1) is 0 Å². The summed E-state index contributed by atoms with van der Waals surface area (Å²) in [5.74, 6) is -0.203. The molecule has 3 N–H and O–H groups in total. The third-order valence-electron chi connectivity index (χ3n) is 4.78. The molecule has 0 heterocycles. The minimum Gasteiger partial charge on any atom is -0.335 e. The normalized spacial score (nSPS) is 13.2.